The minimum atomic E-state index is -2.05. The summed E-state index contributed by atoms with van der Waals surface area (Å²) in [6.07, 6.45) is -16.5. The Bertz CT molecular complexity index is 1720. The monoisotopic (exact) mass is 826 g/mol. The van der Waals surface area contributed by atoms with Crippen LogP contribution in [0.4, 0.5) is 0 Å². The van der Waals surface area contributed by atoms with Crippen LogP contribution in [-0.4, -0.2) is 173 Å². The molecule has 58 heavy (non-hydrogen) atoms. The molecule has 5 rings (SSSR count). The topological polar surface area (TPSA) is 288 Å². The highest BCUT2D eigenvalue weighted by Crippen LogP contribution is 2.34. The summed E-state index contributed by atoms with van der Waals surface area (Å²) in [6, 6.07) is 8.96. The molecule has 0 spiro atoms. The van der Waals surface area contributed by atoms with E-state index in [1.807, 2.05) is 0 Å². The molecule has 2 aromatic carbocycles. The maximum Gasteiger partial charge on any atom is 0.331 e. The largest absolute Gasteiger partial charge is 0.504 e. The summed E-state index contributed by atoms with van der Waals surface area (Å²) in [5.41, 5.74) is -1.01. The number of phenols is 2. The Morgan fingerprint density at radius 3 is 2.22 bits per heavy atom. The van der Waals surface area contributed by atoms with E-state index in [1.54, 1.807) is 12.1 Å². The van der Waals surface area contributed by atoms with Crippen molar-refractivity contribution in [3.63, 3.8) is 0 Å². The average Bonchev–Trinajstić information content (AvgIpc) is 3.49. The molecule has 20 nitrogen and oxygen atoms in total. The lowest BCUT2D eigenvalue weighted by Gasteiger charge is -2.47. The summed E-state index contributed by atoms with van der Waals surface area (Å²) < 4.78 is 56.2. The van der Waals surface area contributed by atoms with E-state index in [2.05, 4.69) is 0 Å². The van der Waals surface area contributed by atoms with Crippen molar-refractivity contribution in [3.05, 3.63) is 53.6 Å². The predicted molar refractivity (Wildman–Crippen MR) is 193 cm³/mol. The molecule has 322 valence electrons. The second kappa shape index (κ2) is 19.7. The van der Waals surface area contributed by atoms with Gasteiger partial charge in [0.2, 0.25) is 0 Å². The number of benzene rings is 2. The van der Waals surface area contributed by atoms with Crippen LogP contribution in [0.25, 0.3) is 6.08 Å². The first-order valence-corrected chi connectivity index (χ1v) is 18.2. The fourth-order valence-electron chi connectivity index (χ4n) is 6.50. The summed E-state index contributed by atoms with van der Waals surface area (Å²) >= 11 is 0. The maximum atomic E-state index is 13.5. The molecular formula is C38H50O20. The Balaban J connectivity index is 1.45. The molecule has 3 fully saturated rings. The number of aliphatic hydroxyl groups is 6. The van der Waals surface area contributed by atoms with Gasteiger partial charge in [-0.1, -0.05) is 12.1 Å². The van der Waals surface area contributed by atoms with Crippen LogP contribution in [0, 0.1) is 0 Å². The van der Waals surface area contributed by atoms with Gasteiger partial charge in [0.25, 0.3) is 0 Å². The van der Waals surface area contributed by atoms with E-state index in [0.29, 0.717) is 11.1 Å². The minimum absolute atomic E-state index is 0.120. The van der Waals surface area contributed by atoms with Crippen LogP contribution in [0.5, 0.6) is 23.0 Å². The first kappa shape index (κ1) is 44.9. The Labute approximate surface area is 332 Å². The number of hydrogen-bond donors (Lipinski definition) is 8. The highest BCUT2D eigenvalue weighted by molar-refractivity contribution is 5.87. The molecule has 3 heterocycles. The zero-order chi connectivity index (χ0) is 42.3. The molecule has 0 bridgehead atoms. The second-order valence-electron chi connectivity index (χ2n) is 13.9. The fourth-order valence-corrected chi connectivity index (χ4v) is 6.50. The first-order valence-electron chi connectivity index (χ1n) is 18.2. The third-order valence-electron chi connectivity index (χ3n) is 9.78. The number of hydrogen-bond acceptors (Lipinski definition) is 20. The molecule has 0 amide bonds. The molecule has 2 aromatic rings. The third kappa shape index (κ3) is 10.5. The Kier molecular flexibility index (Phi) is 15.3. The number of carbonyl (C=O) groups is 2. The standard InChI is InChI=1S/C38H50O20/c1-18-28(44)32(55-19(2)40)29(45)36(54-18)58-33-30(46)35(51-12-11-21-6-9-24(49-3)23(42)13-21)56-26(15-52-37-34(47)38(48,16-39)17-53-37)31(33)57-27(43)10-7-20-5-8-22(41)25(14-20)50-4/h5-10,13-14,18,26,28-37,39,41-42,44-48H,11-12,15-17H2,1-4H3/b10-7+/t18-,26+,28-,29+,30+,31+,32+,33+,34-,35+,36-,37+,38+/m0/s1. The smallest absolute Gasteiger partial charge is 0.331 e. The predicted octanol–water partition coefficient (Wildman–Crippen LogP) is -1.37. The highest BCUT2D eigenvalue weighted by Gasteiger charge is 2.54. The van der Waals surface area contributed by atoms with Crippen molar-refractivity contribution in [2.24, 2.45) is 0 Å². The fraction of sp³-hybridized carbons (Fsp3) is 0.579. The number of aliphatic hydroxyl groups excluding tert-OH is 5. The molecule has 20 heteroatoms. The Morgan fingerprint density at radius 2 is 1.57 bits per heavy atom. The van der Waals surface area contributed by atoms with Gasteiger partial charge in [-0.25, -0.2) is 4.79 Å². The molecule has 0 aromatic heterocycles. The normalized spacial score (nSPS) is 33.8. The quantitative estimate of drug-likeness (QED) is 0.0715. The number of esters is 2. The van der Waals surface area contributed by atoms with Gasteiger partial charge in [-0.05, 0) is 54.8 Å². The maximum absolute atomic E-state index is 13.5. The van der Waals surface area contributed by atoms with Crippen molar-refractivity contribution in [1.82, 2.24) is 0 Å². The molecule has 0 aliphatic carbocycles. The lowest BCUT2D eigenvalue weighted by atomic mass is 9.96. The number of ether oxygens (including phenoxy) is 10. The number of phenolic OH excluding ortho intramolecular Hbond substituents is 2. The van der Waals surface area contributed by atoms with Gasteiger partial charge < -0.3 is 88.2 Å². The molecule has 3 aliphatic rings. The minimum Gasteiger partial charge on any atom is -0.504 e. The molecular weight excluding hydrogens is 776 g/mol. The summed E-state index contributed by atoms with van der Waals surface area (Å²) in [5, 5.41) is 84.6. The van der Waals surface area contributed by atoms with Gasteiger partial charge in [-0.15, -0.1) is 0 Å². The van der Waals surface area contributed by atoms with Crippen molar-refractivity contribution in [2.45, 2.75) is 99.7 Å². The SMILES string of the molecule is COc1ccc(CCO[C@@H]2O[C@H](CO[C@@H]3OC[C@](O)(CO)[C@H]3O)[C@@H](OC(=O)/C=C/c3ccc(O)c(OC)c3)[C@H](O[C@@H]3O[C@@H](C)[C@H](O)[C@@H](OC(C)=O)[C@H]3O)[C@H]2O)cc1O. The van der Waals surface area contributed by atoms with Crippen molar-refractivity contribution in [1.29, 1.82) is 0 Å². The van der Waals surface area contributed by atoms with Crippen molar-refractivity contribution in [3.8, 4) is 23.0 Å². The van der Waals surface area contributed by atoms with E-state index >= 15 is 0 Å². The van der Waals surface area contributed by atoms with Gasteiger partial charge in [-0.3, -0.25) is 4.79 Å². The third-order valence-corrected chi connectivity index (χ3v) is 9.78. The van der Waals surface area contributed by atoms with Gasteiger partial charge in [-0.2, -0.15) is 0 Å². The Hall–Kier alpha value is -4.16. The molecule has 0 saturated carbocycles. The van der Waals surface area contributed by atoms with E-state index in [9.17, 15) is 50.4 Å². The zero-order valence-electron chi connectivity index (χ0n) is 32.1. The Morgan fingerprint density at radius 1 is 0.845 bits per heavy atom. The van der Waals surface area contributed by atoms with E-state index in [0.717, 1.165) is 13.0 Å². The van der Waals surface area contributed by atoms with E-state index in [1.165, 1.54) is 51.5 Å². The molecule has 13 atom stereocenters. The number of aromatic hydroxyl groups is 2. The van der Waals surface area contributed by atoms with Crippen LogP contribution in [-0.2, 0) is 53.9 Å². The van der Waals surface area contributed by atoms with Crippen LogP contribution >= 0.6 is 0 Å². The zero-order valence-corrected chi connectivity index (χ0v) is 32.1. The van der Waals surface area contributed by atoms with Gasteiger partial charge in [0.05, 0.1) is 46.8 Å². The molecule has 8 N–H and O–H groups in total. The molecule has 0 unspecified atom stereocenters. The van der Waals surface area contributed by atoms with E-state index < -0.39 is 111 Å². The number of carbonyl (C=O) groups excluding carboxylic acids is 2. The highest BCUT2D eigenvalue weighted by atomic mass is 16.8. The van der Waals surface area contributed by atoms with Crippen LogP contribution in [0.1, 0.15) is 25.0 Å². The second-order valence-corrected chi connectivity index (χ2v) is 13.9. The number of methoxy groups -OCH3 is 2. The van der Waals surface area contributed by atoms with Crippen LogP contribution in [0.3, 0.4) is 0 Å². The van der Waals surface area contributed by atoms with Gasteiger partial charge in [0, 0.05) is 13.0 Å². The summed E-state index contributed by atoms with van der Waals surface area (Å²) in [6.45, 7) is 0.436. The van der Waals surface area contributed by atoms with Crippen molar-refractivity contribution < 1.29 is 97.8 Å². The molecule has 0 radical (unpaired) electrons. The van der Waals surface area contributed by atoms with Gasteiger partial charge >= 0.3 is 11.9 Å². The van der Waals surface area contributed by atoms with Crippen molar-refractivity contribution in [2.75, 3.05) is 40.6 Å². The van der Waals surface area contributed by atoms with Gasteiger partial charge in [0.1, 0.15) is 42.2 Å². The lowest BCUT2D eigenvalue weighted by molar-refractivity contribution is -0.360. The van der Waals surface area contributed by atoms with E-state index in [4.69, 9.17) is 47.4 Å². The molecule has 3 saturated heterocycles. The summed E-state index contributed by atoms with van der Waals surface area (Å²) in [4.78, 5) is 25.3. The van der Waals surface area contributed by atoms with Crippen molar-refractivity contribution >= 4 is 18.0 Å². The average molecular weight is 827 g/mol. The van der Waals surface area contributed by atoms with E-state index in [-0.39, 0.29) is 36.0 Å². The van der Waals surface area contributed by atoms with Crippen LogP contribution in [0.15, 0.2) is 42.5 Å². The number of rotatable bonds is 16. The summed E-state index contributed by atoms with van der Waals surface area (Å²) in [7, 11) is 2.74. The molecule has 3 aliphatic heterocycles. The first-order chi connectivity index (χ1) is 27.6. The van der Waals surface area contributed by atoms with Crippen LogP contribution < -0.4 is 9.47 Å². The lowest BCUT2D eigenvalue weighted by Crippen LogP contribution is -2.65. The van der Waals surface area contributed by atoms with Gasteiger partial charge in [0.15, 0.2) is 54.1 Å². The van der Waals surface area contributed by atoms with Crippen LogP contribution in [0.2, 0.25) is 0 Å². The summed E-state index contributed by atoms with van der Waals surface area (Å²) in [5.74, 6) is -1.73.